The molecule has 4 nitrogen and oxygen atoms in total. The van der Waals surface area contributed by atoms with Crippen LogP contribution in [0.25, 0.3) is 10.8 Å². The lowest BCUT2D eigenvalue weighted by Crippen LogP contribution is -2.29. The van der Waals surface area contributed by atoms with Crippen LogP contribution < -0.4 is 9.47 Å². The number of hydrogen-bond acceptors (Lipinski definition) is 4. The molecule has 2 unspecified atom stereocenters. The zero-order valence-electron chi connectivity index (χ0n) is 18.6. The van der Waals surface area contributed by atoms with Gasteiger partial charge in [0, 0.05) is 35.1 Å². The summed E-state index contributed by atoms with van der Waals surface area (Å²) < 4.78 is 18.2. The van der Waals surface area contributed by atoms with E-state index in [0.717, 1.165) is 48.5 Å². The minimum absolute atomic E-state index is 0.182. The second kappa shape index (κ2) is 7.82. The summed E-state index contributed by atoms with van der Waals surface area (Å²) in [5.74, 6) is 2.30. The molecule has 0 spiro atoms. The van der Waals surface area contributed by atoms with Crippen LogP contribution in [-0.4, -0.2) is 18.0 Å². The molecule has 0 aromatic heterocycles. The number of hydrogen-bond donors (Lipinski definition) is 1. The average Bonchev–Trinajstić information content (AvgIpc) is 2.84. The first-order valence-corrected chi connectivity index (χ1v) is 11.5. The Bertz CT molecular complexity index is 1340. The molecular weight excluding hydrogens is 412 g/mol. The fraction of sp³-hybridized carbons (Fsp3) is 0.241. The maximum absolute atomic E-state index is 10.2. The van der Waals surface area contributed by atoms with E-state index in [1.54, 1.807) is 12.1 Å². The molecule has 2 atom stereocenters. The van der Waals surface area contributed by atoms with Crippen molar-refractivity contribution >= 4 is 10.8 Å². The second-order valence-electron chi connectivity index (χ2n) is 9.04. The van der Waals surface area contributed by atoms with Crippen LogP contribution in [0, 0.1) is 0 Å². The molecule has 0 amide bonds. The van der Waals surface area contributed by atoms with Crippen molar-refractivity contribution in [1.29, 1.82) is 0 Å². The Balaban J connectivity index is 1.49. The number of aromatic hydroxyl groups is 1. The zero-order chi connectivity index (χ0) is 22.4. The SMILES string of the molecule is CC1(c2ccc3ccccc3c2)c2ccc(O)cc2Oc2cc(OC3CCCCO3)ccc21. The number of benzene rings is 4. The molecule has 4 heteroatoms. The molecule has 1 N–H and O–H groups in total. The largest absolute Gasteiger partial charge is 0.508 e. The first kappa shape index (κ1) is 20.1. The Morgan fingerprint density at radius 3 is 2.45 bits per heavy atom. The molecule has 0 bridgehead atoms. The van der Waals surface area contributed by atoms with Gasteiger partial charge in [0.05, 0.1) is 6.61 Å². The van der Waals surface area contributed by atoms with Crippen LogP contribution in [0.3, 0.4) is 0 Å². The van der Waals surface area contributed by atoms with Crippen LogP contribution in [-0.2, 0) is 10.2 Å². The summed E-state index contributed by atoms with van der Waals surface area (Å²) in [6, 6.07) is 26.4. The number of phenolic OH excluding ortho intramolecular Hbond substituents is 1. The van der Waals surface area contributed by atoms with E-state index in [1.165, 1.54) is 16.3 Å². The van der Waals surface area contributed by atoms with E-state index in [4.69, 9.17) is 14.2 Å². The van der Waals surface area contributed by atoms with Crippen LogP contribution >= 0.6 is 0 Å². The maximum Gasteiger partial charge on any atom is 0.199 e. The molecule has 4 aromatic rings. The third-order valence-corrected chi connectivity index (χ3v) is 6.95. The first-order chi connectivity index (χ1) is 16.1. The monoisotopic (exact) mass is 438 g/mol. The van der Waals surface area contributed by atoms with Crippen LogP contribution in [0.15, 0.2) is 78.9 Å². The fourth-order valence-corrected chi connectivity index (χ4v) is 5.11. The molecule has 33 heavy (non-hydrogen) atoms. The van der Waals surface area contributed by atoms with E-state index >= 15 is 0 Å². The summed E-state index contributed by atoms with van der Waals surface area (Å²) in [7, 11) is 0. The van der Waals surface area contributed by atoms with E-state index in [1.807, 2.05) is 18.2 Å². The lowest BCUT2D eigenvalue weighted by atomic mass is 9.69. The molecule has 0 saturated carbocycles. The summed E-state index contributed by atoms with van der Waals surface area (Å²) in [5, 5.41) is 12.6. The predicted octanol–water partition coefficient (Wildman–Crippen LogP) is 6.91. The summed E-state index contributed by atoms with van der Waals surface area (Å²) in [5.41, 5.74) is 2.79. The van der Waals surface area contributed by atoms with Gasteiger partial charge in [0.1, 0.15) is 23.0 Å². The van der Waals surface area contributed by atoms with Crippen LogP contribution in [0.5, 0.6) is 23.0 Å². The summed E-state index contributed by atoms with van der Waals surface area (Å²) >= 11 is 0. The van der Waals surface area contributed by atoms with Crippen molar-refractivity contribution in [2.45, 2.75) is 37.9 Å². The second-order valence-corrected chi connectivity index (χ2v) is 9.04. The number of phenols is 1. The third-order valence-electron chi connectivity index (χ3n) is 6.95. The fourth-order valence-electron chi connectivity index (χ4n) is 5.11. The Kier molecular flexibility index (Phi) is 4.77. The van der Waals surface area contributed by atoms with Gasteiger partial charge in [0.2, 0.25) is 0 Å². The summed E-state index contributed by atoms with van der Waals surface area (Å²) in [6.07, 6.45) is 2.86. The maximum atomic E-state index is 10.2. The van der Waals surface area contributed by atoms with E-state index in [-0.39, 0.29) is 12.0 Å². The van der Waals surface area contributed by atoms with Crippen LogP contribution in [0.2, 0.25) is 0 Å². The van der Waals surface area contributed by atoms with Crippen molar-refractivity contribution in [3.05, 3.63) is 95.6 Å². The Labute approximate surface area is 193 Å². The van der Waals surface area contributed by atoms with Gasteiger partial charge in [-0.15, -0.1) is 0 Å². The molecule has 2 aliphatic heterocycles. The van der Waals surface area contributed by atoms with E-state index in [2.05, 4.69) is 55.5 Å². The molecular formula is C29H26O4. The van der Waals surface area contributed by atoms with Gasteiger partial charge in [-0.2, -0.15) is 0 Å². The van der Waals surface area contributed by atoms with E-state index in [9.17, 15) is 5.11 Å². The van der Waals surface area contributed by atoms with Gasteiger partial charge in [-0.05, 0) is 54.3 Å². The van der Waals surface area contributed by atoms with Crippen molar-refractivity contribution in [1.82, 2.24) is 0 Å². The summed E-state index contributed by atoms with van der Waals surface area (Å²) in [4.78, 5) is 0. The minimum Gasteiger partial charge on any atom is -0.508 e. The van der Waals surface area contributed by atoms with Gasteiger partial charge < -0.3 is 19.3 Å². The molecule has 0 aliphatic carbocycles. The number of rotatable bonds is 3. The van der Waals surface area contributed by atoms with E-state index in [0.29, 0.717) is 5.75 Å². The van der Waals surface area contributed by atoms with Crippen LogP contribution in [0.4, 0.5) is 0 Å². The number of ether oxygens (including phenoxy) is 3. The van der Waals surface area contributed by atoms with E-state index < -0.39 is 5.41 Å². The van der Waals surface area contributed by atoms with Crippen LogP contribution in [0.1, 0.15) is 42.9 Å². The lowest BCUT2D eigenvalue weighted by molar-refractivity contribution is -0.105. The standard InChI is InChI=1S/C29H26O4/c1-29(21-10-9-19-6-2-3-7-20(19)16-21)24-13-11-22(30)17-26(24)33-27-18-23(12-14-25(27)29)32-28-8-4-5-15-31-28/h2-3,6-7,9-14,16-18,28,30H,4-5,8,15H2,1H3. The van der Waals surface area contributed by atoms with Crippen molar-refractivity contribution < 1.29 is 19.3 Å². The van der Waals surface area contributed by atoms with Crippen molar-refractivity contribution in [2.75, 3.05) is 6.61 Å². The molecule has 0 radical (unpaired) electrons. The van der Waals surface area contributed by atoms with Crippen molar-refractivity contribution in [3.63, 3.8) is 0 Å². The molecule has 2 heterocycles. The molecule has 6 rings (SSSR count). The van der Waals surface area contributed by atoms with Gasteiger partial charge in [-0.1, -0.05) is 48.5 Å². The average molecular weight is 439 g/mol. The highest BCUT2D eigenvalue weighted by molar-refractivity contribution is 5.84. The minimum atomic E-state index is -0.458. The van der Waals surface area contributed by atoms with Gasteiger partial charge >= 0.3 is 0 Å². The summed E-state index contributed by atoms with van der Waals surface area (Å²) in [6.45, 7) is 2.96. The first-order valence-electron chi connectivity index (χ1n) is 11.5. The number of fused-ring (bicyclic) bond motifs is 3. The van der Waals surface area contributed by atoms with Gasteiger partial charge in [-0.25, -0.2) is 0 Å². The third kappa shape index (κ3) is 3.42. The lowest BCUT2D eigenvalue weighted by Gasteiger charge is -2.38. The molecule has 166 valence electrons. The Morgan fingerprint density at radius 1 is 0.848 bits per heavy atom. The molecule has 1 saturated heterocycles. The van der Waals surface area contributed by atoms with Gasteiger partial charge in [-0.3, -0.25) is 0 Å². The highest BCUT2D eigenvalue weighted by Crippen LogP contribution is 2.53. The molecule has 4 aromatic carbocycles. The smallest absolute Gasteiger partial charge is 0.199 e. The molecule has 1 fully saturated rings. The van der Waals surface area contributed by atoms with Gasteiger partial charge in [0.15, 0.2) is 6.29 Å². The zero-order valence-corrected chi connectivity index (χ0v) is 18.6. The van der Waals surface area contributed by atoms with Gasteiger partial charge in [0.25, 0.3) is 0 Å². The topological polar surface area (TPSA) is 47.9 Å². The molecule has 2 aliphatic rings. The predicted molar refractivity (Wildman–Crippen MR) is 128 cm³/mol. The van der Waals surface area contributed by atoms with Crippen molar-refractivity contribution in [3.8, 4) is 23.0 Å². The Hall–Kier alpha value is -3.50. The quantitative estimate of drug-likeness (QED) is 0.377. The Morgan fingerprint density at radius 2 is 1.64 bits per heavy atom. The normalized spacial score (nSPS) is 21.7. The van der Waals surface area contributed by atoms with Crippen molar-refractivity contribution in [2.24, 2.45) is 0 Å². The highest BCUT2D eigenvalue weighted by Gasteiger charge is 2.40. The highest BCUT2D eigenvalue weighted by atomic mass is 16.7.